The third-order valence-corrected chi connectivity index (χ3v) is 8.05. The molecule has 4 heteroatoms. The van der Waals surface area contributed by atoms with Crippen LogP contribution in [-0.2, 0) is 31.9 Å². The number of hydrogen-bond donors (Lipinski definition) is 0. The molecule has 0 unspecified atom stereocenters. The van der Waals surface area contributed by atoms with Gasteiger partial charge < -0.3 is 14.4 Å². The fourth-order valence-corrected chi connectivity index (χ4v) is 5.59. The molecule has 0 saturated heterocycles. The number of hydrogen-bond acceptors (Lipinski definition) is 3. The first-order chi connectivity index (χ1) is 27.7. The summed E-state index contributed by atoms with van der Waals surface area (Å²) in [5, 5.41) is 1.85. The van der Waals surface area contributed by atoms with Crippen LogP contribution < -0.4 is 0 Å². The van der Waals surface area contributed by atoms with E-state index in [2.05, 4.69) is 22.1 Å². The van der Waals surface area contributed by atoms with Crippen LogP contribution in [0.15, 0.2) is 108 Å². The van der Waals surface area contributed by atoms with Crippen molar-refractivity contribution in [3.05, 3.63) is 143 Å². The third-order valence-electron chi connectivity index (χ3n) is 8.05. The molecule has 3 nitrogen and oxygen atoms in total. The van der Waals surface area contributed by atoms with E-state index in [1.54, 1.807) is 48.5 Å². The molecule has 1 radical (unpaired) electrons. The molecular formula is C46H46IrN2O-2. The summed E-state index contributed by atoms with van der Waals surface area (Å²) in [7, 11) is 0. The molecule has 0 atom stereocenters. The summed E-state index contributed by atoms with van der Waals surface area (Å²) < 4.78 is 93.8. The summed E-state index contributed by atoms with van der Waals surface area (Å²) in [6.07, 6.45) is 1.35. The average molecular weight is 846 g/mol. The van der Waals surface area contributed by atoms with Gasteiger partial charge >= 0.3 is 0 Å². The van der Waals surface area contributed by atoms with Gasteiger partial charge in [0.25, 0.3) is 0 Å². The fraction of sp³-hybridized carbons (Fsp3) is 0.261. The number of aryl methyl sites for hydroxylation is 3. The van der Waals surface area contributed by atoms with Crippen LogP contribution in [0.3, 0.4) is 0 Å². The molecule has 7 aromatic rings. The zero-order valence-electron chi connectivity index (χ0n) is 40.0. The predicted molar refractivity (Wildman–Crippen MR) is 206 cm³/mol. The Hall–Kier alpha value is -4.37. The van der Waals surface area contributed by atoms with Gasteiger partial charge in [0.2, 0.25) is 0 Å². The van der Waals surface area contributed by atoms with Crippen molar-refractivity contribution in [2.24, 2.45) is 5.41 Å². The van der Waals surface area contributed by atoms with Crippen LogP contribution in [0, 0.1) is 38.1 Å². The predicted octanol–water partition coefficient (Wildman–Crippen LogP) is 12.5. The molecule has 0 aliphatic rings. The van der Waals surface area contributed by atoms with Gasteiger partial charge in [0.1, 0.15) is 5.58 Å². The molecule has 3 heterocycles. The van der Waals surface area contributed by atoms with Gasteiger partial charge in [0, 0.05) is 53.0 Å². The van der Waals surface area contributed by atoms with Gasteiger partial charge in [-0.05, 0) is 81.7 Å². The van der Waals surface area contributed by atoms with E-state index in [-0.39, 0.29) is 42.2 Å². The minimum absolute atomic E-state index is 0. The van der Waals surface area contributed by atoms with Gasteiger partial charge in [-0.3, -0.25) is 0 Å². The Balaban J connectivity index is 0.000000253. The molecule has 0 aliphatic heterocycles. The number of rotatable bonds is 4. The van der Waals surface area contributed by atoms with Crippen molar-refractivity contribution in [1.82, 2.24) is 9.97 Å². The summed E-state index contributed by atoms with van der Waals surface area (Å²) in [4.78, 5) is 8.79. The topological polar surface area (TPSA) is 38.9 Å². The molecule has 0 spiro atoms. The van der Waals surface area contributed by atoms with Crippen molar-refractivity contribution in [1.29, 1.82) is 0 Å². The number of pyridine rings is 2. The second kappa shape index (κ2) is 14.9. The summed E-state index contributed by atoms with van der Waals surface area (Å²) >= 11 is 0. The minimum atomic E-state index is -2.50. The number of aromatic nitrogens is 2. The third kappa shape index (κ3) is 8.32. The summed E-state index contributed by atoms with van der Waals surface area (Å²) in [5.74, 6) is 0. The summed E-state index contributed by atoms with van der Waals surface area (Å²) in [6.45, 7) is 4.48. The number of fused-ring (bicyclic) bond motifs is 3. The smallest absolute Gasteiger partial charge is 0.120 e. The van der Waals surface area contributed by atoms with Crippen molar-refractivity contribution in [2.75, 3.05) is 0 Å². The van der Waals surface area contributed by atoms with Gasteiger partial charge in [0.05, 0.1) is 5.58 Å². The standard InChI is InChI=1S/C29H26NO.C17H20N.Ir/c1-18-15-20(29(3,4)5)13-14-21(18)25-16-26(30-17-19(25)2)24-11-8-10-23-22-9-6-7-12-27(22)31-28(23)24;1-13-5-8-15(9-6-13)16-10-7-14(12-18-16)11-17(2,3)4;/h6-10,12-17H,1-5H3;5-8,10,12H,11H2,1-4H3;/q2*-1;/i1D3,2D3;1D3,11D2;. The minimum Gasteiger partial charge on any atom is -0.501 e. The van der Waals surface area contributed by atoms with Gasteiger partial charge in [-0.15, -0.1) is 53.6 Å². The van der Waals surface area contributed by atoms with Crippen molar-refractivity contribution >= 4 is 21.9 Å². The Labute approximate surface area is 327 Å². The van der Waals surface area contributed by atoms with E-state index in [0.29, 0.717) is 44.8 Å². The van der Waals surface area contributed by atoms with Crippen LogP contribution in [-0.4, -0.2) is 9.97 Å². The normalized spacial score (nSPS) is 15.9. The Morgan fingerprint density at radius 1 is 0.740 bits per heavy atom. The Morgan fingerprint density at radius 3 is 2.22 bits per heavy atom. The summed E-state index contributed by atoms with van der Waals surface area (Å²) in [6, 6.07) is 32.5. The molecule has 50 heavy (non-hydrogen) atoms. The van der Waals surface area contributed by atoms with Crippen molar-refractivity contribution < 1.29 is 39.6 Å². The zero-order chi connectivity index (χ0) is 44.2. The number of benzene rings is 4. The molecule has 257 valence electrons. The number of para-hydroxylation sites is 1. The molecule has 0 N–H and O–H groups in total. The van der Waals surface area contributed by atoms with E-state index in [0.717, 1.165) is 21.9 Å². The molecule has 0 amide bonds. The maximum atomic E-state index is 8.25. The second-order valence-corrected chi connectivity index (χ2v) is 14.1. The number of furan rings is 1. The van der Waals surface area contributed by atoms with Gasteiger partial charge in [-0.1, -0.05) is 114 Å². The molecule has 7 rings (SSSR count). The molecule has 3 aromatic heterocycles. The van der Waals surface area contributed by atoms with Crippen LogP contribution >= 0.6 is 0 Å². The molecule has 0 fully saturated rings. The van der Waals surface area contributed by atoms with Crippen molar-refractivity contribution in [2.45, 2.75) is 73.9 Å². The Kier molecular flexibility index (Phi) is 7.34. The van der Waals surface area contributed by atoms with Crippen molar-refractivity contribution in [3.63, 3.8) is 0 Å². The SMILES string of the molecule is [2H]C([2H])([2H])c1c[c-]c(-c2ccc(C([2H])([2H])C(C)(C)C)cn2)cc1.[2H]C([2H])([2H])c1cnc(-c2[c-]ccc3c2oc2ccccc23)cc1-c1ccc(C(C)(C)C)cc1C([2H])([2H])[2H].[Ir]. The first kappa shape index (κ1) is 24.7. The monoisotopic (exact) mass is 846 g/mol. The van der Waals surface area contributed by atoms with Gasteiger partial charge in [-0.2, -0.15) is 0 Å². The quantitative estimate of drug-likeness (QED) is 0.166. The average Bonchev–Trinajstić information content (AvgIpc) is 3.55. The maximum absolute atomic E-state index is 8.25. The Bertz CT molecular complexity index is 2650. The van der Waals surface area contributed by atoms with E-state index < -0.39 is 32.3 Å². The largest absolute Gasteiger partial charge is 0.501 e. The van der Waals surface area contributed by atoms with Crippen molar-refractivity contribution in [3.8, 4) is 33.6 Å². The van der Waals surface area contributed by atoms with Crippen LogP contribution in [0.4, 0.5) is 0 Å². The number of nitrogens with zero attached hydrogens (tertiary/aromatic N) is 2. The van der Waals surface area contributed by atoms with Crippen LogP contribution in [0.25, 0.3) is 55.6 Å². The molecule has 4 aromatic carbocycles. The summed E-state index contributed by atoms with van der Waals surface area (Å²) in [5.41, 5.74) is 5.19. The van der Waals surface area contributed by atoms with Gasteiger partial charge in [0.15, 0.2) is 0 Å². The van der Waals surface area contributed by atoms with Crippen LogP contribution in [0.1, 0.15) is 84.4 Å². The molecule has 0 bridgehead atoms. The second-order valence-electron chi connectivity index (χ2n) is 14.1. The van der Waals surface area contributed by atoms with E-state index >= 15 is 0 Å². The van der Waals surface area contributed by atoms with E-state index in [4.69, 9.17) is 19.5 Å². The van der Waals surface area contributed by atoms with E-state index in [9.17, 15) is 0 Å². The van der Waals surface area contributed by atoms with E-state index in [1.165, 1.54) is 18.5 Å². The fourth-order valence-electron chi connectivity index (χ4n) is 5.59. The van der Waals surface area contributed by atoms with Crippen LogP contribution in [0.5, 0.6) is 0 Å². The molecule has 0 saturated carbocycles. The molecule has 0 aliphatic carbocycles. The Morgan fingerprint density at radius 2 is 1.54 bits per heavy atom. The van der Waals surface area contributed by atoms with E-state index in [1.807, 2.05) is 77.9 Å². The first-order valence-electron chi connectivity index (χ1n) is 21.7. The van der Waals surface area contributed by atoms with Crippen LogP contribution in [0.2, 0.25) is 0 Å². The molecular weight excluding hydrogens is 789 g/mol. The van der Waals surface area contributed by atoms with Gasteiger partial charge in [-0.25, -0.2) is 0 Å². The maximum Gasteiger partial charge on any atom is 0.120 e. The first-order valence-corrected chi connectivity index (χ1v) is 16.2. The zero-order valence-corrected chi connectivity index (χ0v) is 31.3.